The number of rotatable bonds is 5. The van der Waals surface area contributed by atoms with Gasteiger partial charge in [-0.25, -0.2) is 15.0 Å². The van der Waals surface area contributed by atoms with E-state index in [1.54, 1.807) is 19.5 Å². The van der Waals surface area contributed by atoms with Crippen molar-refractivity contribution in [2.75, 3.05) is 7.11 Å². The van der Waals surface area contributed by atoms with E-state index in [1.165, 1.54) is 0 Å². The summed E-state index contributed by atoms with van der Waals surface area (Å²) in [5.74, 6) is 1.42. The van der Waals surface area contributed by atoms with Gasteiger partial charge in [-0.15, -0.1) is 0 Å². The molecule has 0 aliphatic heterocycles. The monoisotopic (exact) mass is 244 g/mol. The second-order valence-electron chi connectivity index (χ2n) is 3.91. The summed E-state index contributed by atoms with van der Waals surface area (Å²) in [6.07, 6.45) is 3.51. The predicted octanol–water partition coefficient (Wildman–Crippen LogP) is 1.48. The average molecular weight is 244 g/mol. The van der Waals surface area contributed by atoms with Crippen molar-refractivity contribution < 1.29 is 4.74 Å². The van der Waals surface area contributed by atoms with E-state index in [9.17, 15) is 0 Å². The Morgan fingerprint density at radius 2 is 2.00 bits per heavy atom. The lowest BCUT2D eigenvalue weighted by atomic mass is 10.2. The second kappa shape index (κ2) is 6.07. The molecule has 0 radical (unpaired) electrons. The van der Waals surface area contributed by atoms with Crippen molar-refractivity contribution in [1.29, 1.82) is 0 Å². The summed E-state index contributed by atoms with van der Waals surface area (Å²) in [6, 6.07) is 5.78. The molecule has 18 heavy (non-hydrogen) atoms. The molecule has 5 nitrogen and oxygen atoms in total. The van der Waals surface area contributed by atoms with E-state index in [0.29, 0.717) is 12.4 Å². The highest BCUT2D eigenvalue weighted by Crippen LogP contribution is 2.08. The third-order valence-electron chi connectivity index (χ3n) is 2.48. The van der Waals surface area contributed by atoms with Gasteiger partial charge in [-0.2, -0.15) is 0 Å². The Kier molecular flexibility index (Phi) is 4.20. The van der Waals surface area contributed by atoms with Crippen molar-refractivity contribution >= 4 is 0 Å². The summed E-state index contributed by atoms with van der Waals surface area (Å²) in [6.45, 7) is 3.35. The summed E-state index contributed by atoms with van der Waals surface area (Å²) >= 11 is 0. The van der Waals surface area contributed by atoms with Gasteiger partial charge in [-0.3, -0.25) is 0 Å². The molecule has 0 spiro atoms. The van der Waals surface area contributed by atoms with E-state index >= 15 is 0 Å². The molecule has 0 aromatic carbocycles. The summed E-state index contributed by atoms with van der Waals surface area (Å²) in [7, 11) is 1.61. The van der Waals surface area contributed by atoms with Crippen LogP contribution in [-0.2, 0) is 13.1 Å². The van der Waals surface area contributed by atoms with Crippen LogP contribution in [0.4, 0.5) is 0 Å². The molecule has 0 aliphatic rings. The number of hydrogen-bond donors (Lipinski definition) is 1. The van der Waals surface area contributed by atoms with Gasteiger partial charge in [0.1, 0.15) is 5.82 Å². The van der Waals surface area contributed by atoms with Gasteiger partial charge < -0.3 is 10.1 Å². The van der Waals surface area contributed by atoms with Crippen molar-refractivity contribution in [3.63, 3.8) is 0 Å². The van der Waals surface area contributed by atoms with Gasteiger partial charge in [-0.1, -0.05) is 0 Å². The first-order valence-corrected chi connectivity index (χ1v) is 5.76. The number of ether oxygens (including phenoxy) is 1. The highest BCUT2D eigenvalue weighted by Gasteiger charge is 1.98. The number of nitrogens with zero attached hydrogens (tertiary/aromatic N) is 3. The molecule has 0 unspecified atom stereocenters. The number of aryl methyl sites for hydroxylation is 1. The molecule has 1 N–H and O–H groups in total. The molecular weight excluding hydrogens is 228 g/mol. The first-order chi connectivity index (χ1) is 8.78. The lowest BCUT2D eigenvalue weighted by Crippen LogP contribution is -2.14. The molecular formula is C13H16N4O. The van der Waals surface area contributed by atoms with Gasteiger partial charge in [0.2, 0.25) is 5.88 Å². The summed E-state index contributed by atoms with van der Waals surface area (Å²) in [5.41, 5.74) is 2.12. The zero-order chi connectivity index (χ0) is 12.8. The SMILES string of the molecule is COc1cc(CNCc2ccnc(C)n2)ccn1. The van der Waals surface area contributed by atoms with Crippen LogP contribution >= 0.6 is 0 Å². The number of aromatic nitrogens is 3. The van der Waals surface area contributed by atoms with E-state index in [-0.39, 0.29) is 0 Å². The Hall–Kier alpha value is -2.01. The summed E-state index contributed by atoms with van der Waals surface area (Å²) < 4.78 is 5.08. The van der Waals surface area contributed by atoms with Crippen LogP contribution in [0, 0.1) is 6.92 Å². The maximum absolute atomic E-state index is 5.08. The van der Waals surface area contributed by atoms with E-state index in [4.69, 9.17) is 4.74 Å². The second-order valence-corrected chi connectivity index (χ2v) is 3.91. The standard InChI is InChI=1S/C13H16N4O/c1-10-15-6-4-12(17-10)9-14-8-11-3-5-16-13(7-11)18-2/h3-7,14H,8-9H2,1-2H3. The quantitative estimate of drug-likeness (QED) is 0.863. The van der Waals surface area contributed by atoms with Crippen LogP contribution in [0.2, 0.25) is 0 Å². The van der Waals surface area contributed by atoms with Gasteiger partial charge in [0.25, 0.3) is 0 Å². The van der Waals surface area contributed by atoms with Crippen molar-refractivity contribution in [3.05, 3.63) is 47.7 Å². The van der Waals surface area contributed by atoms with Gasteiger partial charge in [0.15, 0.2) is 0 Å². The fourth-order valence-electron chi connectivity index (χ4n) is 1.61. The molecule has 2 rings (SSSR count). The van der Waals surface area contributed by atoms with Gasteiger partial charge in [0, 0.05) is 31.5 Å². The lowest BCUT2D eigenvalue weighted by Gasteiger charge is -2.06. The van der Waals surface area contributed by atoms with Gasteiger partial charge >= 0.3 is 0 Å². The molecule has 0 atom stereocenters. The zero-order valence-electron chi connectivity index (χ0n) is 10.6. The van der Waals surface area contributed by atoms with Crippen LogP contribution in [-0.4, -0.2) is 22.1 Å². The molecule has 0 saturated carbocycles. The minimum Gasteiger partial charge on any atom is -0.481 e. The number of nitrogens with one attached hydrogen (secondary N) is 1. The molecule has 0 aliphatic carbocycles. The number of methoxy groups -OCH3 is 1. The first-order valence-electron chi connectivity index (χ1n) is 5.76. The zero-order valence-corrected chi connectivity index (χ0v) is 10.6. The Bertz CT molecular complexity index is 516. The Labute approximate surface area is 106 Å². The topological polar surface area (TPSA) is 59.9 Å². The van der Waals surface area contributed by atoms with Crippen molar-refractivity contribution in [2.45, 2.75) is 20.0 Å². The fourth-order valence-corrected chi connectivity index (χ4v) is 1.61. The smallest absolute Gasteiger partial charge is 0.213 e. The Balaban J connectivity index is 1.88. The van der Waals surface area contributed by atoms with Crippen LogP contribution in [0.5, 0.6) is 5.88 Å². The molecule has 94 valence electrons. The average Bonchev–Trinajstić information content (AvgIpc) is 2.39. The molecule has 5 heteroatoms. The van der Waals surface area contributed by atoms with Crippen LogP contribution in [0.25, 0.3) is 0 Å². The number of hydrogen-bond acceptors (Lipinski definition) is 5. The lowest BCUT2D eigenvalue weighted by molar-refractivity contribution is 0.397. The third-order valence-corrected chi connectivity index (χ3v) is 2.48. The molecule has 2 heterocycles. The van der Waals surface area contributed by atoms with Crippen LogP contribution in [0.3, 0.4) is 0 Å². The van der Waals surface area contributed by atoms with Gasteiger partial charge in [-0.05, 0) is 24.6 Å². The van der Waals surface area contributed by atoms with E-state index < -0.39 is 0 Å². The largest absolute Gasteiger partial charge is 0.481 e. The highest BCUT2D eigenvalue weighted by atomic mass is 16.5. The highest BCUT2D eigenvalue weighted by molar-refractivity contribution is 5.20. The summed E-state index contributed by atoms with van der Waals surface area (Å²) in [5, 5.41) is 3.32. The van der Waals surface area contributed by atoms with Crippen molar-refractivity contribution in [1.82, 2.24) is 20.3 Å². The molecule has 0 amide bonds. The van der Waals surface area contributed by atoms with E-state index in [0.717, 1.165) is 23.6 Å². The van der Waals surface area contributed by atoms with E-state index in [1.807, 2.05) is 25.1 Å². The first kappa shape index (κ1) is 12.4. The fraction of sp³-hybridized carbons (Fsp3) is 0.308. The maximum atomic E-state index is 5.08. The minimum atomic E-state index is 0.632. The normalized spacial score (nSPS) is 10.3. The molecule has 2 aromatic heterocycles. The molecule has 0 saturated heterocycles. The molecule has 2 aromatic rings. The molecule has 0 bridgehead atoms. The van der Waals surface area contributed by atoms with Crippen LogP contribution in [0.15, 0.2) is 30.6 Å². The van der Waals surface area contributed by atoms with Crippen molar-refractivity contribution in [3.8, 4) is 5.88 Å². The van der Waals surface area contributed by atoms with Gasteiger partial charge in [0.05, 0.1) is 12.8 Å². The van der Waals surface area contributed by atoms with Crippen LogP contribution < -0.4 is 10.1 Å². The minimum absolute atomic E-state index is 0.632. The van der Waals surface area contributed by atoms with E-state index in [2.05, 4.69) is 20.3 Å². The van der Waals surface area contributed by atoms with Crippen molar-refractivity contribution in [2.24, 2.45) is 0 Å². The Morgan fingerprint density at radius 1 is 1.17 bits per heavy atom. The maximum Gasteiger partial charge on any atom is 0.213 e. The predicted molar refractivity (Wildman–Crippen MR) is 68.1 cm³/mol. The number of pyridine rings is 1. The van der Waals surface area contributed by atoms with Crippen LogP contribution in [0.1, 0.15) is 17.1 Å². The Morgan fingerprint density at radius 3 is 2.78 bits per heavy atom. The molecule has 0 fully saturated rings. The third kappa shape index (κ3) is 3.49. The summed E-state index contributed by atoms with van der Waals surface area (Å²) in [4.78, 5) is 12.5.